The molecule has 1 aromatic rings. The molecule has 232 valence electrons. The Morgan fingerprint density at radius 1 is 0.850 bits per heavy atom. The number of halogens is 3. The average molecular weight is 573 g/mol. The molecule has 0 amide bonds. The molecule has 0 spiro atoms. The molecule has 0 atom stereocenters. The van der Waals surface area contributed by atoms with Crippen molar-refractivity contribution in [3.05, 3.63) is 24.3 Å². The zero-order valence-corrected chi connectivity index (χ0v) is 24.8. The van der Waals surface area contributed by atoms with Crippen LogP contribution in [-0.2, 0) is 4.79 Å². The van der Waals surface area contributed by atoms with E-state index in [0.29, 0.717) is 13.0 Å². The van der Waals surface area contributed by atoms with Crippen LogP contribution in [0.4, 0.5) is 18.9 Å². The minimum Gasteiger partial charge on any atom is -0.494 e. The summed E-state index contributed by atoms with van der Waals surface area (Å²) in [7, 11) is 0. The molecule has 3 N–H and O–H groups in total. The Labute approximate surface area is 241 Å². The highest BCUT2D eigenvalue weighted by molar-refractivity contribution is 5.70. The molecule has 0 unspecified atom stereocenters. The molecule has 1 aliphatic heterocycles. The third kappa shape index (κ3) is 21.8. The molecular formula is C32H55F3N2O3. The van der Waals surface area contributed by atoms with Crippen LogP contribution < -0.4 is 15.4 Å². The summed E-state index contributed by atoms with van der Waals surface area (Å²) < 4.78 is 41.9. The van der Waals surface area contributed by atoms with Gasteiger partial charge in [0.25, 0.3) is 0 Å². The van der Waals surface area contributed by atoms with Gasteiger partial charge in [0, 0.05) is 18.7 Å². The fourth-order valence-corrected chi connectivity index (χ4v) is 4.73. The number of carboxylic acids is 1. The first-order valence-electron chi connectivity index (χ1n) is 15.8. The summed E-state index contributed by atoms with van der Waals surface area (Å²) in [5, 5.41) is 15.1. The molecule has 1 fully saturated rings. The van der Waals surface area contributed by atoms with Gasteiger partial charge in [-0.15, -0.1) is 0 Å². The van der Waals surface area contributed by atoms with Gasteiger partial charge >= 0.3 is 12.1 Å². The smallest absolute Gasteiger partial charge is 0.389 e. The third-order valence-electron chi connectivity index (χ3n) is 7.28. The summed E-state index contributed by atoms with van der Waals surface area (Å²) in [5.41, 5.74) is 1.14. The van der Waals surface area contributed by atoms with Crippen molar-refractivity contribution in [3.63, 3.8) is 0 Å². The molecular weight excluding hydrogens is 517 g/mol. The summed E-state index contributed by atoms with van der Waals surface area (Å²) in [6.45, 7) is 5.68. The van der Waals surface area contributed by atoms with E-state index in [1.165, 1.54) is 51.4 Å². The van der Waals surface area contributed by atoms with Crippen LogP contribution in [0, 0.1) is 5.92 Å². The summed E-state index contributed by atoms with van der Waals surface area (Å²) >= 11 is 0. The normalized spacial score (nSPS) is 13.9. The van der Waals surface area contributed by atoms with Gasteiger partial charge in [-0.25, -0.2) is 0 Å². The van der Waals surface area contributed by atoms with E-state index >= 15 is 0 Å². The Hall–Kier alpha value is -1.96. The van der Waals surface area contributed by atoms with Gasteiger partial charge in [-0.2, -0.15) is 13.2 Å². The number of ether oxygens (including phenoxy) is 1. The van der Waals surface area contributed by atoms with Gasteiger partial charge in [0.05, 0.1) is 12.5 Å². The van der Waals surface area contributed by atoms with Crippen LogP contribution in [0.2, 0.25) is 0 Å². The fraction of sp³-hybridized carbons (Fsp3) is 0.781. The zero-order valence-electron chi connectivity index (χ0n) is 24.8. The van der Waals surface area contributed by atoms with Gasteiger partial charge < -0.3 is 20.5 Å². The maximum absolute atomic E-state index is 12.1. The predicted molar refractivity (Wildman–Crippen MR) is 159 cm³/mol. The highest BCUT2D eigenvalue weighted by atomic mass is 19.4. The number of unbranched alkanes of at least 4 members (excludes halogenated alkanes) is 13. The number of nitrogens with one attached hydrogen (secondary N) is 2. The molecule has 2 rings (SSSR count). The molecule has 1 aromatic carbocycles. The molecule has 0 aromatic heterocycles. The second kappa shape index (κ2) is 23.7. The molecule has 0 radical (unpaired) electrons. The monoisotopic (exact) mass is 572 g/mol. The van der Waals surface area contributed by atoms with Crippen LogP contribution in [-0.4, -0.2) is 43.5 Å². The van der Waals surface area contributed by atoms with E-state index in [1.54, 1.807) is 0 Å². The van der Waals surface area contributed by atoms with Crippen molar-refractivity contribution in [3.8, 4) is 5.75 Å². The SMILES string of the molecule is CCCCCCCCCCNc1ccc(OCCCCCCCCCC(F)(F)F)cc1.O=C(O)C1CCNCC1. The lowest BCUT2D eigenvalue weighted by atomic mass is 9.99. The van der Waals surface area contributed by atoms with Gasteiger partial charge in [-0.3, -0.25) is 4.79 Å². The second-order valence-corrected chi connectivity index (χ2v) is 11.0. The summed E-state index contributed by atoms with van der Waals surface area (Å²) in [6, 6.07) is 8.16. The van der Waals surface area contributed by atoms with Crippen LogP contribution in [0.3, 0.4) is 0 Å². The van der Waals surface area contributed by atoms with Crippen LogP contribution >= 0.6 is 0 Å². The summed E-state index contributed by atoms with van der Waals surface area (Å²) in [5.74, 6) is 0.160. The lowest BCUT2D eigenvalue weighted by Gasteiger charge is -2.17. The molecule has 0 bridgehead atoms. The molecule has 1 heterocycles. The number of rotatable bonds is 21. The number of piperidine rings is 1. The molecule has 0 aliphatic carbocycles. The molecule has 1 saturated heterocycles. The third-order valence-corrected chi connectivity index (χ3v) is 7.28. The number of anilines is 1. The van der Waals surface area contributed by atoms with Crippen LogP contribution in [0.5, 0.6) is 5.75 Å². The predicted octanol–water partition coefficient (Wildman–Crippen LogP) is 9.37. The maximum atomic E-state index is 12.1. The van der Waals surface area contributed by atoms with Crippen molar-refractivity contribution >= 4 is 11.7 Å². The maximum Gasteiger partial charge on any atom is 0.389 e. The van der Waals surface area contributed by atoms with E-state index in [2.05, 4.69) is 29.7 Å². The zero-order chi connectivity index (χ0) is 29.3. The van der Waals surface area contributed by atoms with Crippen molar-refractivity contribution < 1.29 is 27.8 Å². The minimum atomic E-state index is -4.00. The van der Waals surface area contributed by atoms with Crippen LogP contribution in [0.1, 0.15) is 122 Å². The van der Waals surface area contributed by atoms with Crippen LogP contribution in [0.15, 0.2) is 24.3 Å². The first-order valence-corrected chi connectivity index (χ1v) is 15.8. The molecule has 8 heteroatoms. The topological polar surface area (TPSA) is 70.6 Å². The van der Waals surface area contributed by atoms with E-state index in [-0.39, 0.29) is 12.3 Å². The van der Waals surface area contributed by atoms with Crippen molar-refractivity contribution in [2.24, 2.45) is 5.92 Å². The second-order valence-electron chi connectivity index (χ2n) is 11.0. The Morgan fingerprint density at radius 2 is 1.38 bits per heavy atom. The van der Waals surface area contributed by atoms with Gasteiger partial charge in [-0.05, 0) is 69.5 Å². The number of hydrogen-bond donors (Lipinski definition) is 3. The number of carbonyl (C=O) groups is 1. The summed E-state index contributed by atoms with van der Waals surface area (Å²) in [6.07, 6.45) is 13.6. The number of benzene rings is 1. The standard InChI is InChI=1S/C26H44F3NO.C6H11NO2/c1-2-3-4-5-6-9-12-15-22-30-24-17-19-25(20-18-24)31-23-16-13-10-7-8-11-14-21-26(27,28)29;8-6(9)5-1-3-7-4-2-5/h17-20,30H,2-16,21-23H2,1H3;5,7H,1-4H2,(H,8,9). The quantitative estimate of drug-likeness (QED) is 0.128. The van der Waals surface area contributed by atoms with Crippen molar-refractivity contribution in [2.75, 3.05) is 31.6 Å². The van der Waals surface area contributed by atoms with Crippen LogP contribution in [0.25, 0.3) is 0 Å². The fourth-order valence-electron chi connectivity index (χ4n) is 4.73. The van der Waals surface area contributed by atoms with Crippen molar-refractivity contribution in [1.82, 2.24) is 5.32 Å². The minimum absolute atomic E-state index is 0.0914. The van der Waals surface area contributed by atoms with E-state index < -0.39 is 18.6 Å². The first-order chi connectivity index (χ1) is 19.3. The molecule has 40 heavy (non-hydrogen) atoms. The van der Waals surface area contributed by atoms with Crippen molar-refractivity contribution in [1.29, 1.82) is 0 Å². The molecule has 5 nitrogen and oxygen atoms in total. The summed E-state index contributed by atoms with van der Waals surface area (Å²) in [4.78, 5) is 10.3. The lowest BCUT2D eigenvalue weighted by Crippen LogP contribution is -2.31. The van der Waals surface area contributed by atoms with Gasteiger partial charge in [0.15, 0.2) is 0 Å². The van der Waals surface area contributed by atoms with E-state index in [0.717, 1.165) is 76.0 Å². The Balaban J connectivity index is 0.000000747. The molecule has 0 saturated carbocycles. The highest BCUT2D eigenvalue weighted by Gasteiger charge is 2.25. The Kier molecular flexibility index (Phi) is 21.4. The largest absolute Gasteiger partial charge is 0.494 e. The Morgan fingerprint density at radius 3 is 1.90 bits per heavy atom. The number of aliphatic carboxylic acids is 1. The van der Waals surface area contributed by atoms with Gasteiger partial charge in [0.2, 0.25) is 0 Å². The van der Waals surface area contributed by atoms with Gasteiger partial charge in [-0.1, -0.05) is 84.0 Å². The lowest BCUT2D eigenvalue weighted by molar-refractivity contribution is -0.142. The average Bonchev–Trinajstić information content (AvgIpc) is 2.94. The number of carboxylic acid groups (broad SMARTS) is 1. The highest BCUT2D eigenvalue weighted by Crippen LogP contribution is 2.23. The van der Waals surface area contributed by atoms with E-state index in [4.69, 9.17) is 9.84 Å². The van der Waals surface area contributed by atoms with E-state index in [9.17, 15) is 18.0 Å². The first kappa shape index (κ1) is 36.1. The van der Waals surface area contributed by atoms with Crippen molar-refractivity contribution in [2.45, 2.75) is 129 Å². The number of hydrogen-bond acceptors (Lipinski definition) is 4. The van der Waals surface area contributed by atoms with E-state index in [1.807, 2.05) is 12.1 Å². The molecule has 1 aliphatic rings. The number of alkyl halides is 3. The van der Waals surface area contributed by atoms with Gasteiger partial charge in [0.1, 0.15) is 5.75 Å². The Bertz CT molecular complexity index is 723.